The van der Waals surface area contributed by atoms with Crippen molar-refractivity contribution in [1.82, 2.24) is 19.0 Å². The van der Waals surface area contributed by atoms with Crippen LogP contribution in [-0.4, -0.2) is 35.8 Å². The number of nitrogens with one attached hydrogen (secondary N) is 2. The van der Waals surface area contributed by atoms with Gasteiger partial charge in [0.2, 0.25) is 0 Å². The van der Waals surface area contributed by atoms with Crippen LogP contribution in [0.5, 0.6) is 0 Å². The normalized spacial score (nSPS) is 12.2. The largest absolute Gasteiger partial charge is 0.347 e. The van der Waals surface area contributed by atoms with E-state index in [0.29, 0.717) is 18.9 Å². The first-order valence-corrected chi connectivity index (χ1v) is 7.27. The van der Waals surface area contributed by atoms with Gasteiger partial charge >= 0.3 is 0 Å². The Labute approximate surface area is 103 Å². The molecular formula is C10H20N4O2S. The summed E-state index contributed by atoms with van der Waals surface area (Å²) in [5.41, 5.74) is 0. The monoisotopic (exact) mass is 260 g/mol. The van der Waals surface area contributed by atoms with E-state index in [9.17, 15) is 8.42 Å². The van der Waals surface area contributed by atoms with Gasteiger partial charge in [0.25, 0.3) is 10.2 Å². The number of aromatic amines is 1. The van der Waals surface area contributed by atoms with Crippen LogP contribution in [0.25, 0.3) is 0 Å². The SMILES string of the molecule is CCCN(CCC)S(=O)(=O)NCc1ncc[nH]1. The first-order valence-electron chi connectivity index (χ1n) is 5.83. The summed E-state index contributed by atoms with van der Waals surface area (Å²) in [6.07, 6.45) is 4.88. The topological polar surface area (TPSA) is 78.1 Å². The molecule has 1 rings (SSSR count). The van der Waals surface area contributed by atoms with Gasteiger partial charge in [-0.25, -0.2) is 4.98 Å². The predicted octanol–water partition coefficient (Wildman–Crippen LogP) is 0.866. The lowest BCUT2D eigenvalue weighted by atomic mass is 10.4. The second kappa shape index (κ2) is 6.73. The minimum absolute atomic E-state index is 0.194. The van der Waals surface area contributed by atoms with Gasteiger partial charge in [-0.2, -0.15) is 17.4 Å². The van der Waals surface area contributed by atoms with Crippen LogP contribution >= 0.6 is 0 Å². The van der Waals surface area contributed by atoms with Gasteiger partial charge < -0.3 is 4.98 Å². The molecule has 0 saturated carbocycles. The standard InChI is InChI=1S/C10H20N4O2S/c1-3-7-14(8-4-2)17(15,16)13-9-10-11-5-6-12-10/h5-6,13H,3-4,7-9H2,1-2H3,(H,11,12). The molecule has 98 valence electrons. The van der Waals surface area contributed by atoms with Crippen molar-refractivity contribution in [3.05, 3.63) is 18.2 Å². The molecule has 17 heavy (non-hydrogen) atoms. The molecule has 0 amide bonds. The predicted molar refractivity (Wildman–Crippen MR) is 66.5 cm³/mol. The molecule has 0 atom stereocenters. The van der Waals surface area contributed by atoms with Gasteiger partial charge in [0, 0.05) is 25.5 Å². The van der Waals surface area contributed by atoms with E-state index in [-0.39, 0.29) is 6.54 Å². The van der Waals surface area contributed by atoms with Crippen molar-refractivity contribution in [1.29, 1.82) is 0 Å². The molecule has 6 nitrogen and oxygen atoms in total. The van der Waals surface area contributed by atoms with E-state index in [1.807, 2.05) is 13.8 Å². The van der Waals surface area contributed by atoms with Crippen molar-refractivity contribution in [2.45, 2.75) is 33.2 Å². The van der Waals surface area contributed by atoms with Gasteiger partial charge in [0.1, 0.15) is 5.82 Å². The van der Waals surface area contributed by atoms with E-state index in [1.165, 1.54) is 4.31 Å². The second-order valence-corrected chi connectivity index (χ2v) is 5.52. The first-order chi connectivity index (χ1) is 8.10. The molecule has 0 unspecified atom stereocenters. The smallest absolute Gasteiger partial charge is 0.279 e. The number of hydrogen-bond donors (Lipinski definition) is 2. The molecule has 0 fully saturated rings. The third-order valence-electron chi connectivity index (χ3n) is 2.26. The zero-order chi connectivity index (χ0) is 12.7. The summed E-state index contributed by atoms with van der Waals surface area (Å²) in [7, 11) is -3.40. The average molecular weight is 260 g/mol. The Hall–Kier alpha value is -0.920. The van der Waals surface area contributed by atoms with Crippen molar-refractivity contribution < 1.29 is 8.42 Å². The molecule has 1 heterocycles. The van der Waals surface area contributed by atoms with Crippen molar-refractivity contribution in [2.24, 2.45) is 0 Å². The van der Waals surface area contributed by atoms with Gasteiger partial charge in [-0.05, 0) is 12.8 Å². The molecule has 0 aliphatic heterocycles. The van der Waals surface area contributed by atoms with E-state index >= 15 is 0 Å². The van der Waals surface area contributed by atoms with E-state index in [0.717, 1.165) is 12.8 Å². The Morgan fingerprint density at radius 2 is 2.00 bits per heavy atom. The number of rotatable bonds is 8. The maximum atomic E-state index is 12.0. The van der Waals surface area contributed by atoms with E-state index in [1.54, 1.807) is 12.4 Å². The highest BCUT2D eigenvalue weighted by Gasteiger charge is 2.19. The molecular weight excluding hydrogens is 240 g/mol. The molecule has 0 saturated heterocycles. The van der Waals surface area contributed by atoms with Gasteiger partial charge in [0.05, 0.1) is 6.54 Å². The Bertz CT molecular complexity index is 396. The van der Waals surface area contributed by atoms with E-state index < -0.39 is 10.2 Å². The molecule has 1 aromatic rings. The summed E-state index contributed by atoms with van der Waals surface area (Å²) < 4.78 is 28.0. The van der Waals surface area contributed by atoms with Gasteiger partial charge in [-0.15, -0.1) is 0 Å². The maximum absolute atomic E-state index is 12.0. The molecule has 0 bridgehead atoms. The Kier molecular flexibility index (Phi) is 5.60. The summed E-state index contributed by atoms with van der Waals surface area (Å²) in [6, 6.07) is 0. The van der Waals surface area contributed by atoms with E-state index in [2.05, 4.69) is 14.7 Å². The number of aromatic nitrogens is 2. The van der Waals surface area contributed by atoms with Gasteiger partial charge in [-0.1, -0.05) is 13.8 Å². The summed E-state index contributed by atoms with van der Waals surface area (Å²) in [5.74, 6) is 0.613. The van der Waals surface area contributed by atoms with Crippen molar-refractivity contribution in [3.63, 3.8) is 0 Å². The third-order valence-corrected chi connectivity index (χ3v) is 3.82. The molecule has 0 aliphatic rings. The Balaban J connectivity index is 2.58. The number of nitrogens with zero attached hydrogens (tertiary/aromatic N) is 2. The summed E-state index contributed by atoms with van der Waals surface area (Å²) in [4.78, 5) is 6.83. The third kappa shape index (κ3) is 4.45. The zero-order valence-corrected chi connectivity index (χ0v) is 11.1. The van der Waals surface area contributed by atoms with Crippen LogP contribution < -0.4 is 4.72 Å². The number of hydrogen-bond acceptors (Lipinski definition) is 3. The van der Waals surface area contributed by atoms with Crippen LogP contribution in [0.3, 0.4) is 0 Å². The number of H-pyrrole nitrogens is 1. The molecule has 1 aromatic heterocycles. The van der Waals surface area contributed by atoms with Crippen LogP contribution in [0.15, 0.2) is 12.4 Å². The highest BCUT2D eigenvalue weighted by Crippen LogP contribution is 2.02. The first kappa shape index (κ1) is 14.1. The van der Waals surface area contributed by atoms with E-state index in [4.69, 9.17) is 0 Å². The fraction of sp³-hybridized carbons (Fsp3) is 0.700. The quantitative estimate of drug-likeness (QED) is 0.728. The minimum Gasteiger partial charge on any atom is -0.347 e. The fourth-order valence-electron chi connectivity index (χ4n) is 1.50. The van der Waals surface area contributed by atoms with Crippen LogP contribution in [0.2, 0.25) is 0 Å². The summed E-state index contributed by atoms with van der Waals surface area (Å²) >= 11 is 0. The van der Waals surface area contributed by atoms with Crippen molar-refractivity contribution in [2.75, 3.05) is 13.1 Å². The van der Waals surface area contributed by atoms with Crippen molar-refractivity contribution in [3.8, 4) is 0 Å². The van der Waals surface area contributed by atoms with Crippen LogP contribution in [0, 0.1) is 0 Å². The Morgan fingerprint density at radius 3 is 2.47 bits per heavy atom. The van der Waals surface area contributed by atoms with Gasteiger partial charge in [-0.3, -0.25) is 0 Å². The highest BCUT2D eigenvalue weighted by atomic mass is 32.2. The lowest BCUT2D eigenvalue weighted by molar-refractivity contribution is 0.401. The summed E-state index contributed by atoms with van der Waals surface area (Å²) in [5, 5.41) is 0. The molecule has 0 aliphatic carbocycles. The molecule has 0 aromatic carbocycles. The second-order valence-electron chi connectivity index (χ2n) is 3.76. The molecule has 2 N–H and O–H groups in total. The van der Waals surface area contributed by atoms with Crippen molar-refractivity contribution >= 4 is 10.2 Å². The Morgan fingerprint density at radius 1 is 1.35 bits per heavy atom. The highest BCUT2D eigenvalue weighted by molar-refractivity contribution is 7.87. The minimum atomic E-state index is -3.40. The summed E-state index contributed by atoms with van der Waals surface area (Å²) in [6.45, 7) is 5.21. The fourth-order valence-corrected chi connectivity index (χ4v) is 2.84. The lowest BCUT2D eigenvalue weighted by Gasteiger charge is -2.20. The van der Waals surface area contributed by atoms with Crippen LogP contribution in [-0.2, 0) is 16.8 Å². The van der Waals surface area contributed by atoms with Crippen LogP contribution in [0.1, 0.15) is 32.5 Å². The van der Waals surface area contributed by atoms with Gasteiger partial charge in [0.15, 0.2) is 0 Å². The molecule has 0 radical (unpaired) electrons. The maximum Gasteiger partial charge on any atom is 0.279 e. The number of imidazole rings is 1. The molecule has 7 heteroatoms. The average Bonchev–Trinajstić information content (AvgIpc) is 2.79. The molecule has 0 spiro atoms. The van der Waals surface area contributed by atoms with Crippen LogP contribution in [0.4, 0.5) is 0 Å². The zero-order valence-electron chi connectivity index (χ0n) is 10.3. The lowest BCUT2D eigenvalue weighted by Crippen LogP contribution is -2.41.